The van der Waals surface area contributed by atoms with Gasteiger partial charge in [-0.1, -0.05) is 43.2 Å². The van der Waals surface area contributed by atoms with Crippen LogP contribution in [0.5, 0.6) is 0 Å². The van der Waals surface area contributed by atoms with E-state index in [1.807, 2.05) is 24.3 Å². The Morgan fingerprint density at radius 1 is 0.865 bits per heavy atom. The molecule has 8 nitrogen and oxygen atoms in total. The standard InChI is InChI=1S/C26H31ClN2O2.C2H2O4/c1-26(2)12-11-21(24(17-26)19-3-7-22(27)8-4-19)18-28-13-15-29(16-14-28)23-9-5-20(6-10-23)25(30)31;3-1(4)2(5)6/h3-10H,11-18H2,1-2H3,(H,30,31);(H,3,4)(H,5,6). The minimum absolute atomic E-state index is 0.333. The highest BCUT2D eigenvalue weighted by atomic mass is 35.5. The van der Waals surface area contributed by atoms with Gasteiger partial charge in [-0.2, -0.15) is 0 Å². The molecule has 0 bridgehead atoms. The number of carbonyl (C=O) groups is 3. The summed E-state index contributed by atoms with van der Waals surface area (Å²) in [5, 5.41) is 24.7. The fourth-order valence-electron chi connectivity index (χ4n) is 4.71. The molecule has 0 amide bonds. The summed E-state index contributed by atoms with van der Waals surface area (Å²) in [5.74, 6) is -4.53. The Labute approximate surface area is 221 Å². The summed E-state index contributed by atoms with van der Waals surface area (Å²) in [7, 11) is 0. The van der Waals surface area contributed by atoms with E-state index >= 15 is 0 Å². The average Bonchev–Trinajstić information content (AvgIpc) is 2.86. The molecular weight excluding hydrogens is 496 g/mol. The van der Waals surface area contributed by atoms with Crippen molar-refractivity contribution < 1.29 is 29.7 Å². The third kappa shape index (κ3) is 8.06. The first-order chi connectivity index (χ1) is 17.4. The molecule has 1 fully saturated rings. The largest absolute Gasteiger partial charge is 0.478 e. The van der Waals surface area contributed by atoms with Crippen molar-refractivity contribution in [2.45, 2.75) is 33.1 Å². The predicted molar refractivity (Wildman–Crippen MR) is 143 cm³/mol. The van der Waals surface area contributed by atoms with Gasteiger partial charge in [0.05, 0.1) is 5.56 Å². The van der Waals surface area contributed by atoms with Crippen molar-refractivity contribution in [1.29, 1.82) is 0 Å². The van der Waals surface area contributed by atoms with Gasteiger partial charge in [0.15, 0.2) is 0 Å². The van der Waals surface area contributed by atoms with E-state index < -0.39 is 17.9 Å². The Balaban J connectivity index is 0.000000568. The van der Waals surface area contributed by atoms with Crippen molar-refractivity contribution in [2.24, 2.45) is 5.41 Å². The zero-order valence-electron chi connectivity index (χ0n) is 21.1. The molecule has 0 aromatic heterocycles. The van der Waals surface area contributed by atoms with Crippen molar-refractivity contribution in [1.82, 2.24) is 4.90 Å². The maximum absolute atomic E-state index is 11.1. The monoisotopic (exact) mass is 528 g/mol. The van der Waals surface area contributed by atoms with Crippen LogP contribution in [0.2, 0.25) is 5.02 Å². The van der Waals surface area contributed by atoms with Gasteiger partial charge in [-0.25, -0.2) is 14.4 Å². The quantitative estimate of drug-likeness (QED) is 0.465. The molecule has 9 heteroatoms. The third-order valence-corrected chi connectivity index (χ3v) is 7.08. The Hall–Kier alpha value is -3.36. The smallest absolute Gasteiger partial charge is 0.414 e. The maximum atomic E-state index is 11.1. The molecule has 2 aliphatic rings. The summed E-state index contributed by atoms with van der Waals surface area (Å²) < 4.78 is 0. The van der Waals surface area contributed by atoms with E-state index in [1.165, 1.54) is 17.6 Å². The van der Waals surface area contributed by atoms with Crippen LogP contribution in [-0.2, 0) is 9.59 Å². The van der Waals surface area contributed by atoms with Crippen LogP contribution in [0, 0.1) is 5.41 Å². The highest BCUT2D eigenvalue weighted by Crippen LogP contribution is 2.43. The lowest BCUT2D eigenvalue weighted by Crippen LogP contribution is -2.47. The lowest BCUT2D eigenvalue weighted by molar-refractivity contribution is -0.159. The normalized spacial score (nSPS) is 17.5. The van der Waals surface area contributed by atoms with Gasteiger partial charge in [0.2, 0.25) is 0 Å². The fraction of sp³-hybridized carbons (Fsp3) is 0.393. The fourth-order valence-corrected chi connectivity index (χ4v) is 4.84. The summed E-state index contributed by atoms with van der Waals surface area (Å²) >= 11 is 6.13. The minimum atomic E-state index is -1.82. The number of nitrogens with zero attached hydrogens (tertiary/aromatic N) is 2. The topological polar surface area (TPSA) is 118 Å². The molecule has 3 N–H and O–H groups in total. The van der Waals surface area contributed by atoms with Crippen LogP contribution < -0.4 is 4.90 Å². The predicted octanol–water partition coefficient (Wildman–Crippen LogP) is 4.98. The minimum Gasteiger partial charge on any atom is -0.478 e. The van der Waals surface area contributed by atoms with Gasteiger partial charge in [-0.05, 0) is 72.2 Å². The van der Waals surface area contributed by atoms with Crippen LogP contribution in [0.4, 0.5) is 5.69 Å². The number of halogens is 1. The SMILES string of the molecule is CC1(C)CCC(CN2CCN(c3ccc(C(=O)O)cc3)CC2)=C(c2ccc(Cl)cc2)C1.O=C(O)C(=O)O. The third-order valence-electron chi connectivity index (χ3n) is 6.83. The Morgan fingerprint density at radius 2 is 1.43 bits per heavy atom. The second-order valence-electron chi connectivity index (χ2n) is 10.2. The van der Waals surface area contributed by atoms with E-state index in [-0.39, 0.29) is 0 Å². The summed E-state index contributed by atoms with van der Waals surface area (Å²) in [6.45, 7) is 9.72. The number of aliphatic carboxylic acids is 2. The van der Waals surface area contributed by atoms with Gasteiger partial charge >= 0.3 is 17.9 Å². The second-order valence-corrected chi connectivity index (χ2v) is 10.6. The van der Waals surface area contributed by atoms with Gasteiger partial charge in [0, 0.05) is 43.4 Å². The molecule has 0 atom stereocenters. The number of anilines is 1. The number of allylic oxidation sites excluding steroid dienone is 1. The van der Waals surface area contributed by atoms with Crippen LogP contribution >= 0.6 is 11.6 Å². The maximum Gasteiger partial charge on any atom is 0.414 e. The van der Waals surface area contributed by atoms with Gasteiger partial charge in [-0.3, -0.25) is 4.90 Å². The van der Waals surface area contributed by atoms with Crippen molar-refractivity contribution in [3.8, 4) is 0 Å². The number of hydrogen-bond acceptors (Lipinski definition) is 5. The molecule has 0 saturated carbocycles. The average molecular weight is 529 g/mol. The van der Waals surface area contributed by atoms with E-state index in [1.54, 1.807) is 17.7 Å². The molecule has 1 aliphatic heterocycles. The van der Waals surface area contributed by atoms with Crippen molar-refractivity contribution in [3.63, 3.8) is 0 Å². The summed E-state index contributed by atoms with van der Waals surface area (Å²) in [5.41, 5.74) is 6.15. The Morgan fingerprint density at radius 3 is 1.95 bits per heavy atom. The van der Waals surface area contributed by atoms with Crippen LogP contribution in [0.1, 0.15) is 49.0 Å². The van der Waals surface area contributed by atoms with Gasteiger partial charge in [0.1, 0.15) is 0 Å². The molecule has 4 rings (SSSR count). The molecule has 37 heavy (non-hydrogen) atoms. The number of aromatic carboxylic acids is 1. The molecule has 1 heterocycles. The van der Waals surface area contributed by atoms with Crippen LogP contribution in [0.15, 0.2) is 54.1 Å². The first kappa shape index (κ1) is 28.2. The molecule has 2 aromatic carbocycles. The van der Waals surface area contributed by atoms with E-state index in [0.717, 1.165) is 56.3 Å². The highest BCUT2D eigenvalue weighted by Gasteiger charge is 2.29. The zero-order chi connectivity index (χ0) is 27.2. The molecule has 1 aliphatic carbocycles. The summed E-state index contributed by atoms with van der Waals surface area (Å²) in [6.07, 6.45) is 3.50. The van der Waals surface area contributed by atoms with Crippen molar-refractivity contribution in [2.75, 3.05) is 37.6 Å². The number of piperazine rings is 1. The molecule has 198 valence electrons. The number of carboxylic acids is 3. The molecule has 0 radical (unpaired) electrons. The Bertz CT molecular complexity index is 1140. The molecule has 2 aromatic rings. The number of rotatable bonds is 5. The summed E-state index contributed by atoms with van der Waals surface area (Å²) in [6, 6.07) is 15.5. The van der Waals surface area contributed by atoms with E-state index in [2.05, 4.69) is 35.8 Å². The Kier molecular flexibility index (Phi) is 9.34. The van der Waals surface area contributed by atoms with Crippen LogP contribution in [0.25, 0.3) is 5.57 Å². The molecular formula is C28H33ClN2O6. The highest BCUT2D eigenvalue weighted by molar-refractivity contribution is 6.30. The lowest BCUT2D eigenvalue weighted by atomic mass is 9.72. The van der Waals surface area contributed by atoms with E-state index in [0.29, 0.717) is 11.0 Å². The van der Waals surface area contributed by atoms with Crippen LogP contribution in [-0.4, -0.2) is 70.9 Å². The summed E-state index contributed by atoms with van der Waals surface area (Å²) in [4.78, 5) is 34.2. The van der Waals surface area contributed by atoms with Crippen molar-refractivity contribution in [3.05, 3.63) is 70.3 Å². The first-order valence-electron chi connectivity index (χ1n) is 12.2. The van der Waals surface area contributed by atoms with E-state index in [9.17, 15) is 4.79 Å². The molecule has 0 unspecified atom stereocenters. The number of carboxylic acid groups (broad SMARTS) is 3. The van der Waals surface area contributed by atoms with E-state index in [4.69, 9.17) is 36.5 Å². The lowest BCUT2D eigenvalue weighted by Gasteiger charge is -2.39. The second kappa shape index (κ2) is 12.3. The van der Waals surface area contributed by atoms with Gasteiger partial charge < -0.3 is 20.2 Å². The van der Waals surface area contributed by atoms with Crippen LogP contribution in [0.3, 0.4) is 0 Å². The van der Waals surface area contributed by atoms with Gasteiger partial charge in [0.25, 0.3) is 0 Å². The zero-order valence-corrected chi connectivity index (χ0v) is 21.9. The number of hydrogen-bond donors (Lipinski definition) is 3. The molecule has 1 saturated heterocycles. The molecule has 0 spiro atoms. The first-order valence-corrected chi connectivity index (χ1v) is 12.6. The number of benzene rings is 2. The van der Waals surface area contributed by atoms with Gasteiger partial charge in [-0.15, -0.1) is 0 Å². The van der Waals surface area contributed by atoms with Crippen molar-refractivity contribution >= 4 is 40.8 Å².